The van der Waals surface area contributed by atoms with Crippen LogP contribution in [0.5, 0.6) is 5.75 Å². The minimum absolute atomic E-state index is 0.0530. The van der Waals surface area contributed by atoms with E-state index >= 15 is 0 Å². The van der Waals surface area contributed by atoms with Crippen LogP contribution >= 0.6 is 12.2 Å². The van der Waals surface area contributed by atoms with Gasteiger partial charge in [0.2, 0.25) is 10.0 Å². The fourth-order valence-electron chi connectivity index (χ4n) is 2.96. The molecular formula is C24H27N3O5S2. The monoisotopic (exact) mass is 501 g/mol. The number of hydrogen-bond donors (Lipinski definition) is 3. The molecule has 34 heavy (non-hydrogen) atoms. The van der Waals surface area contributed by atoms with Crippen LogP contribution in [0.2, 0.25) is 0 Å². The van der Waals surface area contributed by atoms with Gasteiger partial charge in [0, 0.05) is 11.3 Å². The van der Waals surface area contributed by atoms with Crippen molar-refractivity contribution in [1.82, 2.24) is 10.0 Å². The maximum Gasteiger partial charge on any atom is 0.257 e. The zero-order valence-corrected chi connectivity index (χ0v) is 20.4. The van der Waals surface area contributed by atoms with E-state index in [1.54, 1.807) is 48.5 Å². The lowest BCUT2D eigenvalue weighted by Gasteiger charge is -2.11. The highest BCUT2D eigenvalue weighted by atomic mass is 32.2. The molecule has 180 valence electrons. The third-order valence-corrected chi connectivity index (χ3v) is 6.42. The Bertz CT molecular complexity index is 1180. The summed E-state index contributed by atoms with van der Waals surface area (Å²) in [6.07, 6.45) is 4.72. The van der Waals surface area contributed by atoms with Crippen LogP contribution in [0.1, 0.15) is 42.3 Å². The first-order valence-corrected chi connectivity index (χ1v) is 12.7. The summed E-state index contributed by atoms with van der Waals surface area (Å²) in [4.78, 5) is 12.5. The number of sulfonamides is 1. The molecule has 0 fully saturated rings. The molecule has 0 saturated heterocycles. The van der Waals surface area contributed by atoms with Crippen LogP contribution in [0.3, 0.4) is 0 Å². The van der Waals surface area contributed by atoms with Crippen LogP contribution < -0.4 is 20.1 Å². The summed E-state index contributed by atoms with van der Waals surface area (Å²) >= 11 is 5.20. The Hall–Kier alpha value is -3.21. The van der Waals surface area contributed by atoms with Gasteiger partial charge >= 0.3 is 0 Å². The van der Waals surface area contributed by atoms with Gasteiger partial charge < -0.3 is 14.5 Å². The van der Waals surface area contributed by atoms with Crippen molar-refractivity contribution in [3.8, 4) is 5.75 Å². The quantitative estimate of drug-likeness (QED) is 0.263. The van der Waals surface area contributed by atoms with Crippen molar-refractivity contribution in [2.24, 2.45) is 0 Å². The van der Waals surface area contributed by atoms with Crippen molar-refractivity contribution < 1.29 is 22.4 Å². The van der Waals surface area contributed by atoms with Crippen LogP contribution in [0.4, 0.5) is 5.69 Å². The Morgan fingerprint density at radius 3 is 2.41 bits per heavy atom. The van der Waals surface area contributed by atoms with Gasteiger partial charge in [-0.3, -0.25) is 10.1 Å². The van der Waals surface area contributed by atoms with E-state index in [4.69, 9.17) is 21.4 Å². The molecule has 1 amide bonds. The van der Waals surface area contributed by atoms with Crippen LogP contribution in [0.25, 0.3) is 0 Å². The van der Waals surface area contributed by atoms with Crippen molar-refractivity contribution in [2.45, 2.75) is 37.6 Å². The minimum Gasteiger partial charge on any atom is -0.494 e. The summed E-state index contributed by atoms with van der Waals surface area (Å²) in [6.45, 7) is 2.83. The average Bonchev–Trinajstić information content (AvgIpc) is 3.35. The highest BCUT2D eigenvalue weighted by Crippen LogP contribution is 2.16. The average molecular weight is 502 g/mol. The lowest BCUT2D eigenvalue weighted by atomic mass is 10.2. The number of anilines is 1. The second-order valence-electron chi connectivity index (χ2n) is 7.42. The highest BCUT2D eigenvalue weighted by Gasteiger charge is 2.15. The molecule has 8 nitrogen and oxygen atoms in total. The van der Waals surface area contributed by atoms with Gasteiger partial charge in [-0.25, -0.2) is 13.1 Å². The first-order chi connectivity index (χ1) is 16.4. The van der Waals surface area contributed by atoms with Gasteiger partial charge in [-0.2, -0.15) is 0 Å². The number of carbonyl (C=O) groups is 1. The molecular weight excluding hydrogens is 474 g/mol. The highest BCUT2D eigenvalue weighted by molar-refractivity contribution is 7.89. The topological polar surface area (TPSA) is 110 Å². The Kier molecular flexibility index (Phi) is 9.20. The molecule has 10 heteroatoms. The Morgan fingerprint density at radius 1 is 1.03 bits per heavy atom. The molecule has 0 atom stereocenters. The molecule has 0 radical (unpaired) electrons. The second kappa shape index (κ2) is 12.3. The number of furan rings is 1. The summed E-state index contributed by atoms with van der Waals surface area (Å²) < 4.78 is 38.1. The van der Waals surface area contributed by atoms with Gasteiger partial charge in [0.15, 0.2) is 5.11 Å². The standard InChI is InChI=1S/C24H27N3O5S2/c1-2-3-4-15-31-20-11-7-18(8-12-20)23(28)27-24(33)26-19-9-13-22(14-10-19)34(29,30)25-17-21-6-5-16-32-21/h5-14,16,25H,2-4,15,17H2,1H3,(H2,26,27,28,33). The smallest absolute Gasteiger partial charge is 0.257 e. The number of rotatable bonds is 11. The molecule has 3 rings (SSSR count). The summed E-state index contributed by atoms with van der Waals surface area (Å²) in [5.74, 6) is 0.857. The zero-order valence-electron chi connectivity index (χ0n) is 18.7. The van der Waals surface area contributed by atoms with E-state index in [2.05, 4.69) is 22.3 Å². The maximum absolute atomic E-state index is 12.4. The third kappa shape index (κ3) is 7.68. The van der Waals surface area contributed by atoms with Crippen LogP contribution in [0, 0.1) is 0 Å². The Morgan fingerprint density at radius 2 is 1.76 bits per heavy atom. The van der Waals surface area contributed by atoms with Gasteiger partial charge in [-0.15, -0.1) is 0 Å². The van der Waals surface area contributed by atoms with Gasteiger partial charge in [0.1, 0.15) is 11.5 Å². The van der Waals surface area contributed by atoms with E-state index in [9.17, 15) is 13.2 Å². The number of benzene rings is 2. The lowest BCUT2D eigenvalue weighted by Crippen LogP contribution is -2.34. The summed E-state index contributed by atoms with van der Waals surface area (Å²) in [5, 5.41) is 5.57. The predicted molar refractivity (Wildman–Crippen MR) is 134 cm³/mol. The number of carbonyl (C=O) groups excluding carboxylic acids is 1. The largest absolute Gasteiger partial charge is 0.494 e. The van der Waals surface area contributed by atoms with E-state index < -0.39 is 10.0 Å². The summed E-state index contributed by atoms with van der Waals surface area (Å²) in [5.41, 5.74) is 0.972. The third-order valence-electron chi connectivity index (χ3n) is 4.80. The van der Waals surface area contributed by atoms with Crippen molar-refractivity contribution in [1.29, 1.82) is 0 Å². The zero-order chi connectivity index (χ0) is 24.4. The first-order valence-electron chi connectivity index (χ1n) is 10.8. The van der Waals surface area contributed by atoms with Gasteiger partial charge in [0.05, 0.1) is 24.3 Å². The molecule has 1 heterocycles. The minimum atomic E-state index is -3.70. The molecule has 3 aromatic rings. The molecule has 3 N–H and O–H groups in total. The van der Waals surface area contributed by atoms with E-state index in [-0.39, 0.29) is 22.5 Å². The molecule has 0 aliphatic rings. The fraction of sp³-hybridized carbons (Fsp3) is 0.250. The molecule has 0 aliphatic carbocycles. The van der Waals surface area contributed by atoms with Gasteiger partial charge in [0.25, 0.3) is 5.91 Å². The van der Waals surface area contributed by atoms with Crippen molar-refractivity contribution in [2.75, 3.05) is 11.9 Å². The van der Waals surface area contributed by atoms with Gasteiger partial charge in [-0.05, 0) is 79.3 Å². The molecule has 0 bridgehead atoms. The predicted octanol–water partition coefficient (Wildman–Crippen LogP) is 4.45. The number of nitrogens with one attached hydrogen (secondary N) is 3. The number of unbranched alkanes of at least 4 members (excludes halogenated alkanes) is 2. The fourth-order valence-corrected chi connectivity index (χ4v) is 4.17. The van der Waals surface area contributed by atoms with E-state index in [0.29, 0.717) is 29.4 Å². The molecule has 1 aromatic heterocycles. The van der Waals surface area contributed by atoms with Crippen LogP contribution in [-0.2, 0) is 16.6 Å². The van der Waals surface area contributed by atoms with E-state index in [1.165, 1.54) is 18.4 Å². The molecule has 0 aliphatic heterocycles. The number of amides is 1. The maximum atomic E-state index is 12.4. The lowest BCUT2D eigenvalue weighted by molar-refractivity contribution is 0.0977. The molecule has 0 unspecified atom stereocenters. The van der Waals surface area contributed by atoms with Gasteiger partial charge in [-0.1, -0.05) is 19.8 Å². The summed E-state index contributed by atoms with van der Waals surface area (Å²) in [7, 11) is -3.70. The normalized spacial score (nSPS) is 11.1. The van der Waals surface area contributed by atoms with Crippen molar-refractivity contribution >= 4 is 38.9 Å². The Balaban J connectivity index is 1.49. The summed E-state index contributed by atoms with van der Waals surface area (Å²) in [6, 6.07) is 16.2. The first kappa shape index (κ1) is 25.4. The molecule has 2 aromatic carbocycles. The second-order valence-corrected chi connectivity index (χ2v) is 9.59. The van der Waals surface area contributed by atoms with E-state index in [1.807, 2.05) is 0 Å². The number of ether oxygens (including phenoxy) is 1. The van der Waals surface area contributed by atoms with Crippen molar-refractivity contribution in [3.63, 3.8) is 0 Å². The van der Waals surface area contributed by atoms with Crippen LogP contribution in [0.15, 0.2) is 76.2 Å². The van der Waals surface area contributed by atoms with Crippen molar-refractivity contribution in [3.05, 3.63) is 78.3 Å². The number of hydrogen-bond acceptors (Lipinski definition) is 6. The molecule has 0 spiro atoms. The number of thiocarbonyl (C=S) groups is 1. The molecule has 0 saturated carbocycles. The van der Waals surface area contributed by atoms with Crippen LogP contribution in [-0.4, -0.2) is 26.0 Å². The SMILES string of the molecule is CCCCCOc1ccc(C(=O)NC(=S)Nc2ccc(S(=O)(=O)NCc3ccco3)cc2)cc1. The Labute approximate surface area is 204 Å². The van der Waals surface area contributed by atoms with E-state index in [0.717, 1.165) is 19.3 Å².